The monoisotopic (exact) mass is 359 g/mol. The van der Waals surface area contributed by atoms with Gasteiger partial charge >= 0.3 is 6.09 Å². The maximum atomic E-state index is 12.2. The van der Waals surface area contributed by atoms with Crippen molar-refractivity contribution in [3.8, 4) is 0 Å². The Balaban J connectivity index is 1.59. The Labute approximate surface area is 153 Å². The molecule has 0 aliphatic carbocycles. The smallest absolute Gasteiger partial charge is 0.410 e. The van der Waals surface area contributed by atoms with E-state index in [1.54, 1.807) is 4.90 Å². The van der Waals surface area contributed by atoms with Crippen LogP contribution in [0.2, 0.25) is 5.02 Å². The number of aliphatic hydroxyl groups is 1. The van der Waals surface area contributed by atoms with Gasteiger partial charge in [-0.2, -0.15) is 0 Å². The molecule has 1 aliphatic rings. The fourth-order valence-corrected chi connectivity index (χ4v) is 3.43. The summed E-state index contributed by atoms with van der Waals surface area (Å²) in [7, 11) is 0. The van der Waals surface area contributed by atoms with Crippen molar-refractivity contribution < 1.29 is 14.6 Å². The Hall–Kier alpha value is -2.04. The van der Waals surface area contributed by atoms with Gasteiger partial charge in [-0.05, 0) is 42.5 Å². The zero-order chi connectivity index (χ0) is 17.9. The summed E-state index contributed by atoms with van der Waals surface area (Å²) in [6.07, 6.45) is 0.595. The Morgan fingerprint density at radius 2 is 1.84 bits per heavy atom. The summed E-state index contributed by atoms with van der Waals surface area (Å²) in [6, 6.07) is 15.2. The van der Waals surface area contributed by atoms with E-state index in [-0.39, 0.29) is 12.7 Å². The van der Waals surface area contributed by atoms with Gasteiger partial charge in [0.25, 0.3) is 0 Å². The summed E-state index contributed by atoms with van der Waals surface area (Å²) in [5.74, 6) is 0. The van der Waals surface area contributed by atoms with E-state index < -0.39 is 5.60 Å². The van der Waals surface area contributed by atoms with Gasteiger partial charge in [0.2, 0.25) is 0 Å². The van der Waals surface area contributed by atoms with Crippen LogP contribution in [-0.4, -0.2) is 29.2 Å². The average Bonchev–Trinajstić information content (AvgIpc) is 2.63. The van der Waals surface area contributed by atoms with Gasteiger partial charge in [-0.25, -0.2) is 4.79 Å². The Kier molecular flexibility index (Phi) is 5.30. The first-order chi connectivity index (χ1) is 12.0. The molecule has 1 N–H and O–H groups in total. The van der Waals surface area contributed by atoms with Crippen LogP contribution in [0.25, 0.3) is 0 Å². The van der Waals surface area contributed by atoms with Crippen molar-refractivity contribution in [2.75, 3.05) is 13.1 Å². The number of nitrogens with zero attached hydrogens (tertiary/aromatic N) is 1. The number of ether oxygens (including phenoxy) is 1. The molecule has 2 aromatic carbocycles. The number of carbonyl (C=O) groups excluding carboxylic acids is 1. The standard InChI is InChI=1S/C20H22ClNO3/c1-15-17(8-5-9-18(15)21)20(24)10-12-22(13-11-20)19(23)25-14-16-6-3-2-4-7-16/h2-9,24H,10-14H2,1H3. The molecule has 1 aliphatic heterocycles. The third kappa shape index (κ3) is 3.97. The lowest BCUT2D eigenvalue weighted by Crippen LogP contribution is -2.45. The maximum Gasteiger partial charge on any atom is 0.410 e. The summed E-state index contributed by atoms with van der Waals surface area (Å²) in [5.41, 5.74) is 1.74. The highest BCUT2D eigenvalue weighted by Gasteiger charge is 2.37. The summed E-state index contributed by atoms with van der Waals surface area (Å²) in [4.78, 5) is 13.9. The van der Waals surface area contributed by atoms with Crippen molar-refractivity contribution in [2.24, 2.45) is 0 Å². The first-order valence-corrected chi connectivity index (χ1v) is 8.81. The lowest BCUT2D eigenvalue weighted by atomic mass is 9.82. The van der Waals surface area contributed by atoms with Crippen LogP contribution in [0.1, 0.15) is 29.5 Å². The minimum absolute atomic E-state index is 0.258. The number of carbonyl (C=O) groups is 1. The highest BCUT2D eigenvalue weighted by Crippen LogP contribution is 2.36. The molecule has 4 nitrogen and oxygen atoms in total. The lowest BCUT2D eigenvalue weighted by molar-refractivity contribution is -0.0259. The van der Waals surface area contributed by atoms with Crippen LogP contribution in [0, 0.1) is 6.92 Å². The van der Waals surface area contributed by atoms with Gasteiger partial charge in [-0.1, -0.05) is 54.1 Å². The molecule has 2 aromatic rings. The molecule has 0 spiro atoms. The summed E-state index contributed by atoms with van der Waals surface area (Å²) < 4.78 is 5.37. The summed E-state index contributed by atoms with van der Waals surface area (Å²) in [6.45, 7) is 3.08. The molecule has 1 saturated heterocycles. The molecule has 0 atom stereocenters. The number of hydrogen-bond donors (Lipinski definition) is 1. The predicted octanol–water partition coefficient (Wildman–Crippen LogP) is 4.27. The second-order valence-corrected chi connectivity index (χ2v) is 6.88. The van der Waals surface area contributed by atoms with Gasteiger partial charge in [-0.3, -0.25) is 0 Å². The van der Waals surface area contributed by atoms with Crippen LogP contribution in [0.5, 0.6) is 0 Å². The van der Waals surface area contributed by atoms with E-state index in [4.69, 9.17) is 16.3 Å². The Bertz CT molecular complexity index is 740. The topological polar surface area (TPSA) is 49.8 Å². The van der Waals surface area contributed by atoms with Crippen LogP contribution < -0.4 is 0 Å². The van der Waals surface area contributed by atoms with Crippen LogP contribution in [0.4, 0.5) is 4.79 Å². The zero-order valence-electron chi connectivity index (χ0n) is 14.2. The largest absolute Gasteiger partial charge is 0.445 e. The maximum absolute atomic E-state index is 12.2. The molecule has 0 saturated carbocycles. The number of hydrogen-bond acceptors (Lipinski definition) is 3. The van der Waals surface area contributed by atoms with Gasteiger partial charge in [0.05, 0.1) is 5.60 Å². The molecule has 1 fully saturated rings. The number of likely N-dealkylation sites (tertiary alicyclic amines) is 1. The number of benzene rings is 2. The SMILES string of the molecule is Cc1c(Cl)cccc1C1(O)CCN(C(=O)OCc2ccccc2)CC1. The number of piperidine rings is 1. The van der Waals surface area contributed by atoms with E-state index in [2.05, 4.69) is 0 Å². The molecule has 1 amide bonds. The molecular weight excluding hydrogens is 338 g/mol. The molecule has 1 heterocycles. The minimum Gasteiger partial charge on any atom is -0.445 e. The van der Waals surface area contributed by atoms with Crippen molar-refractivity contribution in [1.29, 1.82) is 0 Å². The Morgan fingerprint density at radius 3 is 2.52 bits per heavy atom. The molecule has 0 radical (unpaired) electrons. The second-order valence-electron chi connectivity index (χ2n) is 6.47. The van der Waals surface area contributed by atoms with E-state index >= 15 is 0 Å². The summed E-state index contributed by atoms with van der Waals surface area (Å²) >= 11 is 6.18. The van der Waals surface area contributed by atoms with Crippen molar-refractivity contribution >= 4 is 17.7 Å². The first kappa shape index (κ1) is 17.8. The van der Waals surface area contributed by atoms with Gasteiger partial charge in [0.1, 0.15) is 6.61 Å². The van der Waals surface area contributed by atoms with E-state index in [9.17, 15) is 9.90 Å². The minimum atomic E-state index is -0.953. The Morgan fingerprint density at radius 1 is 1.16 bits per heavy atom. The molecule has 132 valence electrons. The predicted molar refractivity (Wildman–Crippen MR) is 97.5 cm³/mol. The highest BCUT2D eigenvalue weighted by molar-refractivity contribution is 6.31. The number of halogens is 1. The van der Waals surface area contributed by atoms with Crippen LogP contribution in [-0.2, 0) is 16.9 Å². The van der Waals surface area contributed by atoms with Gasteiger partial charge in [-0.15, -0.1) is 0 Å². The van der Waals surface area contributed by atoms with Crippen LogP contribution in [0.3, 0.4) is 0 Å². The van der Waals surface area contributed by atoms with Crippen molar-refractivity contribution in [3.05, 3.63) is 70.2 Å². The van der Waals surface area contributed by atoms with Crippen molar-refractivity contribution in [1.82, 2.24) is 4.90 Å². The molecule has 5 heteroatoms. The van der Waals surface area contributed by atoms with Crippen LogP contribution in [0.15, 0.2) is 48.5 Å². The molecule has 25 heavy (non-hydrogen) atoms. The van der Waals surface area contributed by atoms with Crippen molar-refractivity contribution in [3.63, 3.8) is 0 Å². The van der Waals surface area contributed by atoms with E-state index in [1.807, 2.05) is 55.5 Å². The highest BCUT2D eigenvalue weighted by atomic mass is 35.5. The van der Waals surface area contributed by atoms with E-state index in [0.29, 0.717) is 31.0 Å². The molecule has 0 bridgehead atoms. The first-order valence-electron chi connectivity index (χ1n) is 8.43. The van der Waals surface area contributed by atoms with Gasteiger partial charge in [0, 0.05) is 18.1 Å². The normalized spacial score (nSPS) is 16.5. The third-order valence-electron chi connectivity index (χ3n) is 4.82. The average molecular weight is 360 g/mol. The van der Waals surface area contributed by atoms with Gasteiger partial charge < -0.3 is 14.7 Å². The molecule has 0 unspecified atom stereocenters. The second kappa shape index (κ2) is 7.46. The summed E-state index contributed by atoms with van der Waals surface area (Å²) in [5, 5.41) is 11.7. The quantitative estimate of drug-likeness (QED) is 0.890. The molecular formula is C20H22ClNO3. The van der Waals surface area contributed by atoms with Gasteiger partial charge in [0.15, 0.2) is 0 Å². The fourth-order valence-electron chi connectivity index (χ4n) is 3.25. The van der Waals surface area contributed by atoms with Crippen molar-refractivity contribution in [2.45, 2.75) is 32.0 Å². The third-order valence-corrected chi connectivity index (χ3v) is 5.23. The van der Waals surface area contributed by atoms with E-state index in [0.717, 1.165) is 16.7 Å². The number of amides is 1. The lowest BCUT2D eigenvalue weighted by Gasteiger charge is -2.38. The van der Waals surface area contributed by atoms with Crippen LogP contribution >= 0.6 is 11.6 Å². The zero-order valence-corrected chi connectivity index (χ0v) is 15.0. The van der Waals surface area contributed by atoms with E-state index in [1.165, 1.54) is 0 Å². The number of rotatable bonds is 3. The molecule has 3 rings (SSSR count). The fraction of sp³-hybridized carbons (Fsp3) is 0.350. The molecule has 0 aromatic heterocycles.